The lowest BCUT2D eigenvalue weighted by Crippen LogP contribution is -2.22. The highest BCUT2D eigenvalue weighted by Crippen LogP contribution is 2.41. The monoisotopic (exact) mass is 331 g/mol. The highest BCUT2D eigenvalue weighted by molar-refractivity contribution is 6.30. The van der Waals surface area contributed by atoms with Crippen molar-refractivity contribution in [1.29, 1.82) is 0 Å². The maximum absolute atomic E-state index is 12.9. The smallest absolute Gasteiger partial charge is 0.421 e. The van der Waals surface area contributed by atoms with Crippen molar-refractivity contribution < 1.29 is 17.9 Å². The molecule has 0 spiro atoms. The van der Waals surface area contributed by atoms with Crippen molar-refractivity contribution >= 4 is 11.6 Å². The van der Waals surface area contributed by atoms with Gasteiger partial charge in [-0.05, 0) is 36.1 Å². The molecule has 1 atom stereocenters. The van der Waals surface area contributed by atoms with E-state index in [9.17, 15) is 13.2 Å². The van der Waals surface area contributed by atoms with Crippen molar-refractivity contribution in [1.82, 2.24) is 4.98 Å². The Hall–Kier alpha value is -1.49. The summed E-state index contributed by atoms with van der Waals surface area (Å²) in [6.45, 7) is 6.19. The van der Waals surface area contributed by atoms with Gasteiger partial charge in [-0.2, -0.15) is 13.2 Å². The van der Waals surface area contributed by atoms with Gasteiger partial charge in [-0.3, -0.25) is 0 Å². The summed E-state index contributed by atoms with van der Waals surface area (Å²) in [5.74, 6) is -0.0572. The third kappa shape index (κ3) is 3.83. The number of nitrogens with zero attached hydrogens (tertiary/aromatic N) is 1. The number of aromatic nitrogens is 1. The van der Waals surface area contributed by atoms with Gasteiger partial charge in [0.2, 0.25) is 5.88 Å². The fraction of sp³-hybridized carbons (Fsp3) is 0.438. The summed E-state index contributed by atoms with van der Waals surface area (Å²) in [6, 6.07) is 2.17. The molecule has 6 heteroatoms. The SMILES string of the molecule is CC(C)(C)C1CC=C(Oc2ncccc2C(F)(F)F)C=C1Cl. The van der Waals surface area contributed by atoms with Gasteiger partial charge in [0, 0.05) is 17.1 Å². The van der Waals surface area contributed by atoms with E-state index in [0.717, 1.165) is 6.07 Å². The van der Waals surface area contributed by atoms with Crippen molar-refractivity contribution in [2.75, 3.05) is 0 Å². The van der Waals surface area contributed by atoms with Crippen LogP contribution in [0, 0.1) is 11.3 Å². The molecule has 22 heavy (non-hydrogen) atoms. The van der Waals surface area contributed by atoms with Gasteiger partial charge >= 0.3 is 6.18 Å². The van der Waals surface area contributed by atoms with Crippen LogP contribution in [0.2, 0.25) is 0 Å². The van der Waals surface area contributed by atoms with Gasteiger partial charge in [0.15, 0.2) is 0 Å². The van der Waals surface area contributed by atoms with E-state index in [0.29, 0.717) is 11.5 Å². The number of alkyl halides is 3. The second kappa shape index (κ2) is 5.95. The number of hydrogen-bond acceptors (Lipinski definition) is 2. The molecule has 1 heterocycles. The first-order valence-corrected chi connectivity index (χ1v) is 7.24. The van der Waals surface area contributed by atoms with Gasteiger partial charge in [0.1, 0.15) is 11.3 Å². The maximum Gasteiger partial charge on any atom is 0.421 e. The van der Waals surface area contributed by atoms with E-state index in [-0.39, 0.29) is 17.1 Å². The van der Waals surface area contributed by atoms with Gasteiger partial charge in [-0.1, -0.05) is 32.4 Å². The molecule has 1 aliphatic rings. The van der Waals surface area contributed by atoms with Crippen LogP contribution in [0.25, 0.3) is 0 Å². The second-order valence-electron chi connectivity index (χ2n) is 6.25. The molecule has 0 aliphatic heterocycles. The minimum atomic E-state index is -4.51. The number of pyridine rings is 1. The molecule has 1 aliphatic carbocycles. The Morgan fingerprint density at radius 2 is 1.95 bits per heavy atom. The lowest BCUT2D eigenvalue weighted by molar-refractivity contribution is -0.139. The highest BCUT2D eigenvalue weighted by Gasteiger charge is 2.36. The standard InChI is InChI=1S/C16H17ClF3NO/c1-15(2,3)11-7-6-10(9-13(11)17)22-14-12(16(18,19)20)5-4-8-21-14/h4-6,8-9,11H,7H2,1-3H3. The minimum Gasteiger partial charge on any atom is -0.439 e. The molecule has 2 rings (SSSR count). The fourth-order valence-electron chi connectivity index (χ4n) is 2.28. The van der Waals surface area contributed by atoms with Crippen molar-refractivity contribution in [2.45, 2.75) is 33.4 Å². The van der Waals surface area contributed by atoms with E-state index in [1.54, 1.807) is 12.2 Å². The summed E-state index contributed by atoms with van der Waals surface area (Å²) in [6.07, 6.45) is 0.673. The summed E-state index contributed by atoms with van der Waals surface area (Å²) < 4.78 is 44.1. The molecule has 0 amide bonds. The predicted molar refractivity (Wildman–Crippen MR) is 79.4 cm³/mol. The maximum atomic E-state index is 12.9. The lowest BCUT2D eigenvalue weighted by atomic mass is 9.77. The molecule has 2 nitrogen and oxygen atoms in total. The fourth-order valence-corrected chi connectivity index (χ4v) is 2.80. The average Bonchev–Trinajstić information content (AvgIpc) is 2.36. The molecule has 1 aromatic heterocycles. The predicted octanol–water partition coefficient (Wildman–Crippen LogP) is 5.55. The zero-order valence-corrected chi connectivity index (χ0v) is 13.3. The van der Waals surface area contributed by atoms with E-state index in [1.807, 2.05) is 0 Å². The molecule has 0 radical (unpaired) electrons. The molecule has 0 saturated heterocycles. The summed E-state index contributed by atoms with van der Waals surface area (Å²) in [5, 5.41) is 0.578. The van der Waals surface area contributed by atoms with E-state index >= 15 is 0 Å². The topological polar surface area (TPSA) is 22.1 Å². The zero-order chi connectivity index (χ0) is 16.5. The molecular weight excluding hydrogens is 315 g/mol. The van der Waals surface area contributed by atoms with E-state index in [1.165, 1.54) is 12.3 Å². The van der Waals surface area contributed by atoms with Gasteiger partial charge in [0.05, 0.1) is 0 Å². The Labute approximate surface area is 132 Å². The summed E-state index contributed by atoms with van der Waals surface area (Å²) >= 11 is 6.26. The molecule has 0 saturated carbocycles. The van der Waals surface area contributed by atoms with E-state index < -0.39 is 17.6 Å². The highest BCUT2D eigenvalue weighted by atomic mass is 35.5. The molecule has 0 bridgehead atoms. The van der Waals surface area contributed by atoms with Crippen LogP contribution >= 0.6 is 11.6 Å². The molecule has 0 N–H and O–H groups in total. The molecule has 0 fully saturated rings. The first kappa shape index (κ1) is 16.9. The molecular formula is C16H17ClF3NO. The Morgan fingerprint density at radius 1 is 1.27 bits per heavy atom. The van der Waals surface area contributed by atoms with E-state index in [2.05, 4.69) is 25.8 Å². The van der Waals surface area contributed by atoms with Crippen LogP contribution in [0.15, 0.2) is 41.3 Å². The van der Waals surface area contributed by atoms with Gasteiger partial charge in [-0.25, -0.2) is 4.98 Å². The third-order valence-corrected chi connectivity index (χ3v) is 3.88. The van der Waals surface area contributed by atoms with Crippen LogP contribution in [0.4, 0.5) is 13.2 Å². The lowest BCUT2D eigenvalue weighted by Gasteiger charge is -2.31. The van der Waals surface area contributed by atoms with Crippen molar-refractivity contribution in [2.24, 2.45) is 11.3 Å². The minimum absolute atomic E-state index is 0.0300. The number of rotatable bonds is 2. The van der Waals surface area contributed by atoms with Crippen LogP contribution in [0.1, 0.15) is 32.8 Å². The van der Waals surface area contributed by atoms with Crippen LogP contribution in [-0.2, 0) is 6.18 Å². The summed E-state index contributed by atoms with van der Waals surface area (Å²) in [5.41, 5.74) is -0.934. The largest absolute Gasteiger partial charge is 0.439 e. The van der Waals surface area contributed by atoms with Crippen LogP contribution in [0.5, 0.6) is 5.88 Å². The zero-order valence-electron chi connectivity index (χ0n) is 12.5. The van der Waals surface area contributed by atoms with Crippen LogP contribution in [-0.4, -0.2) is 4.98 Å². The van der Waals surface area contributed by atoms with Crippen molar-refractivity contribution in [3.63, 3.8) is 0 Å². The average molecular weight is 332 g/mol. The Kier molecular flexibility index (Phi) is 4.57. The van der Waals surface area contributed by atoms with Crippen molar-refractivity contribution in [3.05, 3.63) is 46.8 Å². The number of ether oxygens (including phenoxy) is 1. The first-order chi connectivity index (χ1) is 10.1. The number of hydrogen-bond donors (Lipinski definition) is 0. The quantitative estimate of drug-likeness (QED) is 0.708. The van der Waals surface area contributed by atoms with Gasteiger partial charge in [0.25, 0.3) is 0 Å². The van der Waals surface area contributed by atoms with Crippen LogP contribution < -0.4 is 4.74 Å². The van der Waals surface area contributed by atoms with Gasteiger partial charge in [-0.15, -0.1) is 0 Å². The third-order valence-electron chi connectivity index (χ3n) is 3.50. The normalized spacial score (nSPS) is 19.5. The Balaban J connectivity index is 2.23. The number of halogens is 4. The van der Waals surface area contributed by atoms with Crippen LogP contribution in [0.3, 0.4) is 0 Å². The number of allylic oxidation sites excluding steroid dienone is 3. The first-order valence-electron chi connectivity index (χ1n) is 6.86. The molecule has 1 unspecified atom stereocenters. The Morgan fingerprint density at radius 3 is 2.50 bits per heavy atom. The summed E-state index contributed by atoms with van der Waals surface area (Å²) in [4.78, 5) is 3.68. The van der Waals surface area contributed by atoms with E-state index in [4.69, 9.17) is 16.3 Å². The molecule has 0 aromatic carbocycles. The van der Waals surface area contributed by atoms with Gasteiger partial charge < -0.3 is 4.74 Å². The van der Waals surface area contributed by atoms with Crippen molar-refractivity contribution in [3.8, 4) is 5.88 Å². The molecule has 120 valence electrons. The Bertz CT molecular complexity index is 615. The molecule has 1 aromatic rings. The second-order valence-corrected chi connectivity index (χ2v) is 6.68. The summed E-state index contributed by atoms with van der Waals surface area (Å²) in [7, 11) is 0.